The summed E-state index contributed by atoms with van der Waals surface area (Å²) in [5, 5.41) is 16.6. The molecule has 0 bridgehead atoms. The highest BCUT2D eigenvalue weighted by Crippen LogP contribution is 2.31. The molecule has 3 N–H and O–H groups in total. The zero-order chi connectivity index (χ0) is 15.8. The second-order valence-electron chi connectivity index (χ2n) is 5.65. The number of halogens is 1. The minimum atomic E-state index is -0.00321. The van der Waals surface area contributed by atoms with Crippen LogP contribution < -0.4 is 10.6 Å². The molecule has 1 aliphatic rings. The fraction of sp³-hybridized carbons (Fsp3) is 0.562. The first-order chi connectivity index (χ1) is 10.7. The average Bonchev–Trinajstić information content (AvgIpc) is 2.98. The summed E-state index contributed by atoms with van der Waals surface area (Å²) in [6.07, 6.45) is 1.70. The third-order valence-corrected chi connectivity index (χ3v) is 4.45. The molecular formula is C16H24ClN3O2. The molecule has 0 saturated carbocycles. The highest BCUT2D eigenvalue weighted by molar-refractivity contribution is 6.31. The van der Waals surface area contributed by atoms with E-state index in [0.29, 0.717) is 13.2 Å². The predicted molar refractivity (Wildman–Crippen MR) is 89.2 cm³/mol. The lowest BCUT2D eigenvalue weighted by molar-refractivity contribution is 0.127. The minimum Gasteiger partial charge on any atom is -0.396 e. The number of guanidine groups is 1. The van der Waals surface area contributed by atoms with E-state index in [1.54, 1.807) is 7.05 Å². The van der Waals surface area contributed by atoms with Gasteiger partial charge in [-0.2, -0.15) is 0 Å². The highest BCUT2D eigenvalue weighted by atomic mass is 35.5. The van der Waals surface area contributed by atoms with Gasteiger partial charge in [0.2, 0.25) is 0 Å². The van der Waals surface area contributed by atoms with Crippen molar-refractivity contribution >= 4 is 17.6 Å². The number of aliphatic hydroxyl groups is 1. The van der Waals surface area contributed by atoms with Crippen molar-refractivity contribution in [3.63, 3.8) is 0 Å². The molecule has 2 rings (SSSR count). The Bertz CT molecular complexity index is 502. The Balaban J connectivity index is 1.86. The molecule has 1 fully saturated rings. The first-order valence-electron chi connectivity index (χ1n) is 7.56. The van der Waals surface area contributed by atoms with Crippen molar-refractivity contribution in [1.29, 1.82) is 0 Å². The molecule has 22 heavy (non-hydrogen) atoms. The van der Waals surface area contributed by atoms with E-state index in [1.807, 2.05) is 24.3 Å². The van der Waals surface area contributed by atoms with E-state index in [2.05, 4.69) is 15.6 Å². The molecule has 1 unspecified atom stereocenters. The smallest absolute Gasteiger partial charge is 0.191 e. The van der Waals surface area contributed by atoms with Crippen LogP contribution in [-0.4, -0.2) is 44.5 Å². The number of hydrogen-bond acceptors (Lipinski definition) is 3. The predicted octanol–water partition coefficient (Wildman–Crippen LogP) is 1.79. The summed E-state index contributed by atoms with van der Waals surface area (Å²) in [7, 11) is 1.74. The molecule has 0 radical (unpaired) electrons. The van der Waals surface area contributed by atoms with Crippen molar-refractivity contribution in [2.75, 3.05) is 33.4 Å². The lowest BCUT2D eigenvalue weighted by Crippen LogP contribution is -2.44. The van der Waals surface area contributed by atoms with Gasteiger partial charge in [-0.1, -0.05) is 29.8 Å². The van der Waals surface area contributed by atoms with Crippen LogP contribution in [0.2, 0.25) is 5.02 Å². The van der Waals surface area contributed by atoms with E-state index < -0.39 is 0 Å². The maximum Gasteiger partial charge on any atom is 0.191 e. The van der Waals surface area contributed by atoms with Crippen LogP contribution in [0.4, 0.5) is 0 Å². The second-order valence-corrected chi connectivity index (χ2v) is 6.05. The van der Waals surface area contributed by atoms with Crippen molar-refractivity contribution in [3.8, 4) is 0 Å². The van der Waals surface area contributed by atoms with Gasteiger partial charge in [0.25, 0.3) is 0 Å². The van der Waals surface area contributed by atoms with E-state index in [4.69, 9.17) is 16.3 Å². The summed E-state index contributed by atoms with van der Waals surface area (Å²) < 4.78 is 5.50. The molecule has 1 atom stereocenters. The fourth-order valence-electron chi connectivity index (χ4n) is 2.62. The molecule has 1 aliphatic heterocycles. The number of hydrogen-bond donors (Lipinski definition) is 3. The summed E-state index contributed by atoms with van der Waals surface area (Å²) in [6, 6.07) is 7.74. The molecule has 6 heteroatoms. The molecule has 1 aromatic carbocycles. The van der Waals surface area contributed by atoms with E-state index in [1.165, 1.54) is 0 Å². The van der Waals surface area contributed by atoms with Gasteiger partial charge in [-0.15, -0.1) is 0 Å². The molecule has 1 saturated heterocycles. The van der Waals surface area contributed by atoms with E-state index >= 15 is 0 Å². The molecule has 122 valence electrons. The van der Waals surface area contributed by atoms with Crippen LogP contribution in [0.5, 0.6) is 0 Å². The Kier molecular flexibility index (Phi) is 6.49. The summed E-state index contributed by atoms with van der Waals surface area (Å²) >= 11 is 6.15. The molecule has 5 nitrogen and oxygen atoms in total. The molecule has 1 heterocycles. The normalized spacial score (nSPS) is 21.9. The standard InChI is InChI=1S/C16H24ClN3O2/c1-18-15(19-10-13-4-2-3-5-14(13)17)20-11-16(6-8-21)7-9-22-12-16/h2-5,21H,6-12H2,1H3,(H2,18,19,20). The Morgan fingerprint density at radius 2 is 2.23 bits per heavy atom. The number of rotatable bonds is 6. The molecule has 0 aromatic heterocycles. The average molecular weight is 326 g/mol. The summed E-state index contributed by atoms with van der Waals surface area (Å²) in [5.41, 5.74) is 1.03. The van der Waals surface area contributed by atoms with E-state index in [0.717, 1.165) is 42.5 Å². The van der Waals surface area contributed by atoms with Gasteiger partial charge in [0, 0.05) is 43.8 Å². The summed E-state index contributed by atoms with van der Waals surface area (Å²) in [6.45, 7) is 2.96. The number of ether oxygens (including phenoxy) is 1. The quantitative estimate of drug-likeness (QED) is 0.551. The maximum atomic E-state index is 9.25. The van der Waals surface area contributed by atoms with Crippen molar-refractivity contribution in [1.82, 2.24) is 10.6 Å². The molecule has 0 amide bonds. The summed E-state index contributed by atoms with van der Waals surface area (Å²) in [5.74, 6) is 0.726. The van der Waals surface area contributed by atoms with Gasteiger partial charge in [-0.3, -0.25) is 4.99 Å². The molecular weight excluding hydrogens is 302 g/mol. The highest BCUT2D eigenvalue weighted by Gasteiger charge is 2.34. The first kappa shape index (κ1) is 17.1. The Morgan fingerprint density at radius 3 is 2.86 bits per heavy atom. The van der Waals surface area contributed by atoms with Crippen molar-refractivity contribution in [2.45, 2.75) is 19.4 Å². The zero-order valence-electron chi connectivity index (χ0n) is 12.9. The number of nitrogens with one attached hydrogen (secondary N) is 2. The number of aliphatic hydroxyl groups excluding tert-OH is 1. The zero-order valence-corrected chi connectivity index (χ0v) is 13.7. The first-order valence-corrected chi connectivity index (χ1v) is 7.93. The molecule has 0 spiro atoms. The molecule has 0 aliphatic carbocycles. The molecule has 1 aromatic rings. The van der Waals surface area contributed by atoms with Crippen molar-refractivity contribution in [3.05, 3.63) is 34.9 Å². The van der Waals surface area contributed by atoms with Crippen LogP contribution in [-0.2, 0) is 11.3 Å². The maximum absolute atomic E-state index is 9.25. The fourth-order valence-corrected chi connectivity index (χ4v) is 2.83. The van der Waals surface area contributed by atoms with Gasteiger partial charge in [0.05, 0.1) is 6.61 Å². The number of aliphatic imine (C=N–C) groups is 1. The van der Waals surface area contributed by atoms with Crippen LogP contribution in [0.25, 0.3) is 0 Å². The SMILES string of the molecule is CN=C(NCc1ccccc1Cl)NCC1(CCO)CCOC1. The van der Waals surface area contributed by atoms with Crippen LogP contribution >= 0.6 is 11.6 Å². The van der Waals surface area contributed by atoms with Crippen LogP contribution in [0.15, 0.2) is 29.3 Å². The van der Waals surface area contributed by atoms with Crippen molar-refractivity contribution in [2.24, 2.45) is 10.4 Å². The van der Waals surface area contributed by atoms with E-state index in [-0.39, 0.29) is 12.0 Å². The van der Waals surface area contributed by atoms with Crippen molar-refractivity contribution < 1.29 is 9.84 Å². The third-order valence-electron chi connectivity index (χ3n) is 4.09. The number of nitrogens with zero attached hydrogens (tertiary/aromatic N) is 1. The Hall–Kier alpha value is -1.30. The van der Waals surface area contributed by atoms with Gasteiger partial charge >= 0.3 is 0 Å². The Morgan fingerprint density at radius 1 is 1.41 bits per heavy atom. The van der Waals surface area contributed by atoms with Crippen LogP contribution in [0.1, 0.15) is 18.4 Å². The largest absolute Gasteiger partial charge is 0.396 e. The van der Waals surface area contributed by atoms with Gasteiger partial charge in [0.1, 0.15) is 0 Å². The lowest BCUT2D eigenvalue weighted by atomic mass is 9.84. The lowest BCUT2D eigenvalue weighted by Gasteiger charge is -2.27. The topological polar surface area (TPSA) is 65.9 Å². The van der Waals surface area contributed by atoms with Gasteiger partial charge < -0.3 is 20.5 Å². The van der Waals surface area contributed by atoms with Gasteiger partial charge in [0.15, 0.2) is 5.96 Å². The van der Waals surface area contributed by atoms with Gasteiger partial charge in [-0.25, -0.2) is 0 Å². The number of benzene rings is 1. The summed E-state index contributed by atoms with van der Waals surface area (Å²) in [4.78, 5) is 4.23. The minimum absolute atomic E-state index is 0.00321. The van der Waals surface area contributed by atoms with Gasteiger partial charge in [-0.05, 0) is 24.5 Å². The second kappa shape index (κ2) is 8.36. The third kappa shape index (κ3) is 4.60. The van der Waals surface area contributed by atoms with E-state index in [9.17, 15) is 5.11 Å². The Labute approximate surface area is 136 Å². The monoisotopic (exact) mass is 325 g/mol. The van der Waals surface area contributed by atoms with Crippen LogP contribution in [0.3, 0.4) is 0 Å². The van der Waals surface area contributed by atoms with Crippen LogP contribution in [0, 0.1) is 5.41 Å².